The summed E-state index contributed by atoms with van der Waals surface area (Å²) >= 11 is 3.47. The van der Waals surface area contributed by atoms with Crippen LogP contribution in [0.5, 0.6) is 0 Å². The second-order valence-electron chi connectivity index (χ2n) is 3.80. The number of hydrogen-bond acceptors (Lipinski definition) is 1. The molecule has 82 valence electrons. The minimum atomic E-state index is -0.720. The Morgan fingerprint density at radius 2 is 2.20 bits per heavy atom. The standard InChI is InChI=1S/C12H15BrO2/c1-8(12(14)15)6-7-10-4-3-5-11(13)9(10)2/h3-5,8H,6-7H2,1-2H3,(H,14,15). The summed E-state index contributed by atoms with van der Waals surface area (Å²) in [7, 11) is 0. The number of benzene rings is 1. The summed E-state index contributed by atoms with van der Waals surface area (Å²) in [4.78, 5) is 10.7. The summed E-state index contributed by atoms with van der Waals surface area (Å²) in [6.45, 7) is 3.79. The topological polar surface area (TPSA) is 37.3 Å². The maximum Gasteiger partial charge on any atom is 0.306 e. The molecule has 1 aromatic carbocycles. The molecule has 1 atom stereocenters. The van der Waals surface area contributed by atoms with Crippen LogP contribution in [0.3, 0.4) is 0 Å². The van der Waals surface area contributed by atoms with Crippen LogP contribution >= 0.6 is 15.9 Å². The van der Waals surface area contributed by atoms with Gasteiger partial charge in [0.05, 0.1) is 5.92 Å². The molecule has 0 fully saturated rings. The third-order valence-corrected chi connectivity index (χ3v) is 3.51. The van der Waals surface area contributed by atoms with Crippen LogP contribution < -0.4 is 0 Å². The number of rotatable bonds is 4. The molecule has 0 aliphatic heterocycles. The van der Waals surface area contributed by atoms with E-state index < -0.39 is 5.97 Å². The van der Waals surface area contributed by atoms with Crippen molar-refractivity contribution in [2.45, 2.75) is 26.7 Å². The summed E-state index contributed by atoms with van der Waals surface area (Å²) in [5, 5.41) is 8.77. The number of aliphatic carboxylic acids is 1. The van der Waals surface area contributed by atoms with Crippen LogP contribution in [0.1, 0.15) is 24.5 Å². The molecule has 3 heteroatoms. The molecule has 0 saturated heterocycles. The fourth-order valence-corrected chi connectivity index (χ4v) is 1.83. The van der Waals surface area contributed by atoms with Crippen LogP contribution in [0.2, 0.25) is 0 Å². The van der Waals surface area contributed by atoms with Crippen LogP contribution in [0.25, 0.3) is 0 Å². The average Bonchev–Trinajstić information content (AvgIpc) is 2.19. The van der Waals surface area contributed by atoms with Crippen molar-refractivity contribution in [3.63, 3.8) is 0 Å². The molecule has 0 bridgehead atoms. The largest absolute Gasteiger partial charge is 0.481 e. The van der Waals surface area contributed by atoms with Crippen LogP contribution in [-0.4, -0.2) is 11.1 Å². The van der Waals surface area contributed by atoms with Crippen molar-refractivity contribution in [1.82, 2.24) is 0 Å². The molecule has 1 N–H and O–H groups in total. The predicted octanol–water partition coefficient (Wildman–Crippen LogP) is 3.41. The highest BCUT2D eigenvalue weighted by atomic mass is 79.9. The van der Waals surface area contributed by atoms with E-state index in [1.807, 2.05) is 19.1 Å². The van der Waals surface area contributed by atoms with Gasteiger partial charge in [0.2, 0.25) is 0 Å². The lowest BCUT2D eigenvalue weighted by atomic mass is 9.98. The average molecular weight is 271 g/mol. The van der Waals surface area contributed by atoms with Gasteiger partial charge < -0.3 is 5.11 Å². The van der Waals surface area contributed by atoms with Crippen LogP contribution in [-0.2, 0) is 11.2 Å². The molecule has 2 nitrogen and oxygen atoms in total. The van der Waals surface area contributed by atoms with Gasteiger partial charge >= 0.3 is 5.97 Å². The molecule has 0 aromatic heterocycles. The van der Waals surface area contributed by atoms with E-state index in [1.165, 1.54) is 11.1 Å². The molecule has 0 amide bonds. The lowest BCUT2D eigenvalue weighted by Gasteiger charge is -2.09. The minimum Gasteiger partial charge on any atom is -0.481 e. The van der Waals surface area contributed by atoms with Crippen molar-refractivity contribution in [2.75, 3.05) is 0 Å². The van der Waals surface area contributed by atoms with E-state index in [4.69, 9.17) is 5.11 Å². The van der Waals surface area contributed by atoms with Gasteiger partial charge in [-0.25, -0.2) is 0 Å². The van der Waals surface area contributed by atoms with Crippen molar-refractivity contribution < 1.29 is 9.90 Å². The van der Waals surface area contributed by atoms with E-state index in [0.29, 0.717) is 6.42 Å². The van der Waals surface area contributed by atoms with Gasteiger partial charge in [-0.2, -0.15) is 0 Å². The number of hydrogen-bond donors (Lipinski definition) is 1. The highest BCUT2D eigenvalue weighted by Crippen LogP contribution is 2.21. The third-order valence-electron chi connectivity index (χ3n) is 2.65. The summed E-state index contributed by atoms with van der Waals surface area (Å²) in [5.74, 6) is -0.994. The Morgan fingerprint density at radius 1 is 1.53 bits per heavy atom. The first-order valence-corrected chi connectivity index (χ1v) is 5.78. The Balaban J connectivity index is 2.66. The lowest BCUT2D eigenvalue weighted by molar-refractivity contribution is -0.141. The summed E-state index contributed by atoms with van der Waals surface area (Å²) < 4.78 is 1.09. The zero-order chi connectivity index (χ0) is 11.4. The Bertz CT molecular complexity index is 361. The number of carboxylic acids is 1. The van der Waals surface area contributed by atoms with Gasteiger partial charge in [0.25, 0.3) is 0 Å². The molecular formula is C12H15BrO2. The van der Waals surface area contributed by atoms with E-state index in [9.17, 15) is 4.79 Å². The summed E-state index contributed by atoms with van der Waals surface area (Å²) in [5.41, 5.74) is 2.42. The highest BCUT2D eigenvalue weighted by molar-refractivity contribution is 9.10. The van der Waals surface area contributed by atoms with Crippen molar-refractivity contribution in [2.24, 2.45) is 5.92 Å². The smallest absolute Gasteiger partial charge is 0.306 e. The predicted molar refractivity (Wildman–Crippen MR) is 64.0 cm³/mol. The fourth-order valence-electron chi connectivity index (χ4n) is 1.42. The summed E-state index contributed by atoms with van der Waals surface area (Å²) in [6.07, 6.45) is 1.51. The molecule has 0 radical (unpaired) electrons. The van der Waals surface area contributed by atoms with Gasteiger partial charge in [-0.15, -0.1) is 0 Å². The highest BCUT2D eigenvalue weighted by Gasteiger charge is 2.11. The molecule has 0 heterocycles. The van der Waals surface area contributed by atoms with Gasteiger partial charge in [0.15, 0.2) is 0 Å². The Kier molecular flexibility index (Phi) is 4.33. The minimum absolute atomic E-state index is 0.275. The zero-order valence-electron chi connectivity index (χ0n) is 8.96. The van der Waals surface area contributed by atoms with Gasteiger partial charge in [0.1, 0.15) is 0 Å². The summed E-state index contributed by atoms with van der Waals surface area (Å²) in [6, 6.07) is 6.03. The number of halogens is 1. The number of carbonyl (C=O) groups is 1. The Labute approximate surface area is 98.4 Å². The fraction of sp³-hybridized carbons (Fsp3) is 0.417. The lowest BCUT2D eigenvalue weighted by Crippen LogP contribution is -2.10. The molecule has 15 heavy (non-hydrogen) atoms. The molecule has 0 saturated carbocycles. The third kappa shape index (κ3) is 3.34. The molecule has 1 rings (SSSR count). The first-order chi connectivity index (χ1) is 7.02. The molecule has 1 aromatic rings. The van der Waals surface area contributed by atoms with E-state index in [1.54, 1.807) is 6.92 Å². The quantitative estimate of drug-likeness (QED) is 0.911. The van der Waals surface area contributed by atoms with Crippen molar-refractivity contribution >= 4 is 21.9 Å². The molecule has 0 aliphatic rings. The maximum absolute atomic E-state index is 10.7. The van der Waals surface area contributed by atoms with Gasteiger partial charge in [-0.3, -0.25) is 4.79 Å². The normalized spacial score (nSPS) is 12.5. The van der Waals surface area contributed by atoms with E-state index >= 15 is 0 Å². The van der Waals surface area contributed by atoms with E-state index in [-0.39, 0.29) is 5.92 Å². The van der Waals surface area contributed by atoms with Crippen LogP contribution in [0.4, 0.5) is 0 Å². The second-order valence-corrected chi connectivity index (χ2v) is 4.66. The van der Waals surface area contributed by atoms with E-state index in [0.717, 1.165) is 10.9 Å². The van der Waals surface area contributed by atoms with Gasteiger partial charge in [0, 0.05) is 4.47 Å². The van der Waals surface area contributed by atoms with Crippen molar-refractivity contribution in [3.8, 4) is 0 Å². The number of carboxylic acid groups (broad SMARTS) is 1. The monoisotopic (exact) mass is 270 g/mol. The van der Waals surface area contributed by atoms with Crippen molar-refractivity contribution in [3.05, 3.63) is 33.8 Å². The molecule has 0 aliphatic carbocycles. The Morgan fingerprint density at radius 3 is 2.80 bits per heavy atom. The van der Waals surface area contributed by atoms with Crippen molar-refractivity contribution in [1.29, 1.82) is 0 Å². The maximum atomic E-state index is 10.7. The number of aryl methyl sites for hydroxylation is 1. The zero-order valence-corrected chi connectivity index (χ0v) is 10.5. The first-order valence-electron chi connectivity index (χ1n) is 4.99. The first kappa shape index (κ1) is 12.2. The van der Waals surface area contributed by atoms with Crippen LogP contribution in [0.15, 0.2) is 22.7 Å². The van der Waals surface area contributed by atoms with Gasteiger partial charge in [-0.05, 0) is 37.0 Å². The molecular weight excluding hydrogens is 256 g/mol. The molecule has 0 spiro atoms. The van der Waals surface area contributed by atoms with E-state index in [2.05, 4.69) is 22.0 Å². The van der Waals surface area contributed by atoms with Gasteiger partial charge in [-0.1, -0.05) is 35.0 Å². The SMILES string of the molecule is Cc1c(Br)cccc1CCC(C)C(=O)O. The molecule has 1 unspecified atom stereocenters. The van der Waals surface area contributed by atoms with Crippen LogP contribution in [0, 0.1) is 12.8 Å². The Hall–Kier alpha value is -0.830. The second kappa shape index (κ2) is 5.31.